The Morgan fingerprint density at radius 3 is 2.77 bits per heavy atom. The van der Waals surface area contributed by atoms with E-state index in [1.807, 2.05) is 12.3 Å². The van der Waals surface area contributed by atoms with Crippen molar-refractivity contribution in [2.75, 3.05) is 13.4 Å². The third-order valence-electron chi connectivity index (χ3n) is 1.57. The highest BCUT2D eigenvalue weighted by atomic mass is 79.9. The lowest BCUT2D eigenvalue weighted by Gasteiger charge is -2.03. The molecule has 2 nitrogen and oxygen atoms in total. The van der Waals surface area contributed by atoms with Crippen LogP contribution in [0.2, 0.25) is 0 Å². The van der Waals surface area contributed by atoms with Crippen LogP contribution in [0.5, 0.6) is 0 Å². The van der Waals surface area contributed by atoms with E-state index in [0.717, 1.165) is 9.37 Å². The molecule has 0 atom stereocenters. The average Bonchev–Trinajstić information content (AvgIpc) is 2.17. The Morgan fingerprint density at radius 1 is 1.54 bits per heavy atom. The van der Waals surface area contributed by atoms with E-state index in [4.69, 9.17) is 0 Å². The van der Waals surface area contributed by atoms with Gasteiger partial charge in [-0.2, -0.15) is 0 Å². The van der Waals surface area contributed by atoms with Gasteiger partial charge in [0, 0.05) is 9.37 Å². The molecule has 0 amide bonds. The summed E-state index contributed by atoms with van der Waals surface area (Å²) in [5.41, 5.74) is 0.579. The molecule has 0 unspecified atom stereocenters. The number of hydrogen-bond donors (Lipinski definition) is 0. The number of halogens is 1. The Balaban J connectivity index is 3.06. The van der Waals surface area contributed by atoms with Crippen LogP contribution in [0.3, 0.4) is 0 Å². The fraction of sp³-hybridized carbons (Fsp3) is 0.222. The second kappa shape index (κ2) is 4.67. The van der Waals surface area contributed by atoms with Gasteiger partial charge < -0.3 is 4.74 Å². The number of carbonyl (C=O) groups is 1. The van der Waals surface area contributed by atoms with Gasteiger partial charge in [0.25, 0.3) is 0 Å². The lowest BCUT2D eigenvalue weighted by Crippen LogP contribution is -2.00. The highest BCUT2D eigenvalue weighted by Gasteiger charge is 2.07. The standard InChI is InChI=1S/C9H9BrO2S/c1-12-9(11)6-3-4-7(10)8(5-6)13-2/h3-5H,1-2H3. The van der Waals surface area contributed by atoms with Crippen molar-refractivity contribution in [1.29, 1.82) is 0 Å². The van der Waals surface area contributed by atoms with Crippen molar-refractivity contribution < 1.29 is 9.53 Å². The Hall–Kier alpha value is -0.480. The van der Waals surface area contributed by atoms with Gasteiger partial charge >= 0.3 is 5.97 Å². The molecule has 70 valence electrons. The second-order valence-corrected chi connectivity index (χ2v) is 4.04. The highest BCUT2D eigenvalue weighted by molar-refractivity contribution is 9.10. The number of hydrogen-bond acceptors (Lipinski definition) is 3. The zero-order chi connectivity index (χ0) is 9.84. The Morgan fingerprint density at radius 2 is 2.23 bits per heavy atom. The van der Waals surface area contributed by atoms with E-state index < -0.39 is 0 Å². The van der Waals surface area contributed by atoms with Gasteiger partial charge in [-0.15, -0.1) is 11.8 Å². The predicted octanol–water partition coefficient (Wildman–Crippen LogP) is 2.96. The first kappa shape index (κ1) is 10.6. The summed E-state index contributed by atoms with van der Waals surface area (Å²) in [5.74, 6) is -0.303. The third-order valence-corrected chi connectivity index (χ3v) is 3.30. The maximum absolute atomic E-state index is 11.1. The monoisotopic (exact) mass is 260 g/mol. The first-order valence-corrected chi connectivity index (χ1v) is 5.62. The summed E-state index contributed by atoms with van der Waals surface area (Å²) in [6.45, 7) is 0. The molecule has 0 fully saturated rings. The van der Waals surface area contributed by atoms with E-state index in [2.05, 4.69) is 20.7 Å². The van der Waals surface area contributed by atoms with Gasteiger partial charge in [-0.3, -0.25) is 0 Å². The van der Waals surface area contributed by atoms with E-state index in [9.17, 15) is 4.79 Å². The number of carbonyl (C=O) groups excluding carboxylic acids is 1. The minimum atomic E-state index is -0.303. The van der Waals surface area contributed by atoms with Crippen LogP contribution in [0, 0.1) is 0 Å². The largest absolute Gasteiger partial charge is 0.465 e. The molecule has 0 aliphatic rings. The molecule has 1 aromatic rings. The number of esters is 1. The predicted molar refractivity (Wildman–Crippen MR) is 57.3 cm³/mol. The Kier molecular flexibility index (Phi) is 3.81. The SMILES string of the molecule is COC(=O)c1ccc(Br)c(SC)c1. The number of ether oxygens (including phenoxy) is 1. The fourth-order valence-corrected chi connectivity index (χ4v) is 2.14. The molecule has 13 heavy (non-hydrogen) atoms. The van der Waals surface area contributed by atoms with Crippen LogP contribution in [0.4, 0.5) is 0 Å². The summed E-state index contributed by atoms with van der Waals surface area (Å²) in [4.78, 5) is 12.2. The molecule has 4 heteroatoms. The lowest BCUT2D eigenvalue weighted by molar-refractivity contribution is 0.0600. The zero-order valence-corrected chi connectivity index (χ0v) is 9.74. The molecule has 0 aliphatic carbocycles. The molecular weight excluding hydrogens is 252 g/mol. The highest BCUT2D eigenvalue weighted by Crippen LogP contribution is 2.26. The Bertz CT molecular complexity index is 325. The van der Waals surface area contributed by atoms with Crippen LogP contribution < -0.4 is 0 Å². The van der Waals surface area contributed by atoms with Crippen LogP contribution in [0.15, 0.2) is 27.6 Å². The minimum Gasteiger partial charge on any atom is -0.465 e. The van der Waals surface area contributed by atoms with Gasteiger partial charge in [0.1, 0.15) is 0 Å². The topological polar surface area (TPSA) is 26.3 Å². The van der Waals surface area contributed by atoms with Gasteiger partial charge in [0.05, 0.1) is 12.7 Å². The lowest BCUT2D eigenvalue weighted by atomic mass is 10.2. The molecule has 0 saturated carbocycles. The first-order valence-electron chi connectivity index (χ1n) is 3.61. The van der Waals surface area contributed by atoms with Gasteiger partial charge in [0.15, 0.2) is 0 Å². The van der Waals surface area contributed by atoms with E-state index in [1.165, 1.54) is 7.11 Å². The summed E-state index contributed by atoms with van der Waals surface area (Å²) >= 11 is 4.97. The number of benzene rings is 1. The molecule has 0 bridgehead atoms. The minimum absolute atomic E-state index is 0.303. The smallest absolute Gasteiger partial charge is 0.337 e. The van der Waals surface area contributed by atoms with E-state index in [1.54, 1.807) is 23.9 Å². The molecule has 1 aromatic carbocycles. The van der Waals surface area contributed by atoms with Crippen molar-refractivity contribution in [3.8, 4) is 0 Å². The quantitative estimate of drug-likeness (QED) is 0.604. The van der Waals surface area contributed by atoms with Crippen LogP contribution in [0.1, 0.15) is 10.4 Å². The molecular formula is C9H9BrO2S. The van der Waals surface area contributed by atoms with Crippen LogP contribution in [0.25, 0.3) is 0 Å². The molecule has 0 spiro atoms. The maximum Gasteiger partial charge on any atom is 0.337 e. The fourth-order valence-electron chi connectivity index (χ4n) is 0.905. The van der Waals surface area contributed by atoms with Crippen molar-refractivity contribution in [1.82, 2.24) is 0 Å². The van der Waals surface area contributed by atoms with Gasteiger partial charge in [-0.1, -0.05) is 0 Å². The van der Waals surface area contributed by atoms with E-state index >= 15 is 0 Å². The van der Waals surface area contributed by atoms with Crippen molar-refractivity contribution in [3.05, 3.63) is 28.2 Å². The molecule has 0 N–H and O–H groups in total. The van der Waals surface area contributed by atoms with Crippen molar-refractivity contribution in [2.24, 2.45) is 0 Å². The van der Waals surface area contributed by atoms with Crippen LogP contribution in [-0.4, -0.2) is 19.3 Å². The van der Waals surface area contributed by atoms with Gasteiger partial charge in [-0.25, -0.2) is 4.79 Å². The van der Waals surface area contributed by atoms with Crippen molar-refractivity contribution in [2.45, 2.75) is 4.90 Å². The average molecular weight is 261 g/mol. The molecule has 0 radical (unpaired) electrons. The normalized spacial score (nSPS) is 9.77. The summed E-state index contributed by atoms with van der Waals surface area (Å²) in [6.07, 6.45) is 1.96. The summed E-state index contributed by atoms with van der Waals surface area (Å²) < 4.78 is 5.61. The van der Waals surface area contributed by atoms with Crippen LogP contribution in [-0.2, 0) is 4.74 Å². The maximum atomic E-state index is 11.1. The van der Waals surface area contributed by atoms with Crippen molar-refractivity contribution >= 4 is 33.7 Å². The van der Waals surface area contributed by atoms with E-state index in [-0.39, 0.29) is 5.97 Å². The number of rotatable bonds is 2. The number of methoxy groups -OCH3 is 1. The molecule has 0 saturated heterocycles. The van der Waals surface area contributed by atoms with Gasteiger partial charge in [0.2, 0.25) is 0 Å². The van der Waals surface area contributed by atoms with E-state index in [0.29, 0.717) is 5.56 Å². The zero-order valence-electron chi connectivity index (χ0n) is 7.33. The molecule has 0 aromatic heterocycles. The summed E-state index contributed by atoms with van der Waals surface area (Å²) in [6, 6.07) is 5.38. The first-order chi connectivity index (χ1) is 6.19. The summed E-state index contributed by atoms with van der Waals surface area (Å²) in [7, 11) is 1.38. The van der Waals surface area contributed by atoms with Crippen LogP contribution >= 0.6 is 27.7 Å². The second-order valence-electron chi connectivity index (χ2n) is 2.34. The Labute approximate surface area is 89.8 Å². The van der Waals surface area contributed by atoms with Crippen molar-refractivity contribution in [3.63, 3.8) is 0 Å². The summed E-state index contributed by atoms with van der Waals surface area (Å²) in [5, 5.41) is 0. The molecule has 0 aliphatic heterocycles. The molecule has 0 heterocycles. The van der Waals surface area contributed by atoms with Gasteiger partial charge in [-0.05, 0) is 40.4 Å². The molecule has 1 rings (SSSR count). The third kappa shape index (κ3) is 2.48. The number of thioether (sulfide) groups is 1.